The highest BCUT2D eigenvalue weighted by atomic mass is 35.5. The minimum absolute atomic E-state index is 0.0525. The molecular formula is C22H25ClN2O2. The third-order valence-corrected chi connectivity index (χ3v) is 5.49. The number of halogens is 1. The number of carbonyl (C=O) groups excluding carboxylic acids is 2. The number of benzene rings is 2. The van der Waals surface area contributed by atoms with Crippen molar-refractivity contribution in [3.63, 3.8) is 0 Å². The molecule has 5 heteroatoms. The molecule has 0 radical (unpaired) electrons. The van der Waals surface area contributed by atoms with E-state index in [1.165, 1.54) is 0 Å². The predicted octanol–water partition coefficient (Wildman–Crippen LogP) is 4.46. The van der Waals surface area contributed by atoms with E-state index < -0.39 is 0 Å². The van der Waals surface area contributed by atoms with E-state index in [4.69, 9.17) is 11.6 Å². The number of rotatable bonds is 5. The minimum atomic E-state index is -0.0957. The van der Waals surface area contributed by atoms with Crippen molar-refractivity contribution in [3.05, 3.63) is 70.7 Å². The largest absolute Gasteiger partial charge is 0.345 e. The van der Waals surface area contributed by atoms with Gasteiger partial charge < -0.3 is 10.2 Å². The number of amides is 2. The van der Waals surface area contributed by atoms with Crippen LogP contribution in [0.4, 0.5) is 0 Å². The first-order chi connectivity index (χ1) is 13.0. The lowest BCUT2D eigenvalue weighted by molar-refractivity contribution is -0.130. The standard InChI is InChI=1S/C22H25ClN2O2/c1-16(26)25-13-11-17(12-14-25)15-21(18-5-3-2-4-6-18)24-22(27)19-7-9-20(23)10-8-19/h2-10,17,21H,11-15H2,1H3,(H,24,27). The number of carbonyl (C=O) groups is 2. The molecule has 2 aromatic rings. The quantitative estimate of drug-likeness (QED) is 0.827. The summed E-state index contributed by atoms with van der Waals surface area (Å²) in [5.41, 5.74) is 1.71. The van der Waals surface area contributed by atoms with Crippen LogP contribution in [-0.2, 0) is 4.79 Å². The normalized spacial score (nSPS) is 16.0. The molecule has 27 heavy (non-hydrogen) atoms. The van der Waals surface area contributed by atoms with Gasteiger partial charge in [-0.25, -0.2) is 0 Å². The molecule has 142 valence electrons. The highest BCUT2D eigenvalue weighted by Gasteiger charge is 2.25. The van der Waals surface area contributed by atoms with Crippen molar-refractivity contribution >= 4 is 23.4 Å². The van der Waals surface area contributed by atoms with Crippen molar-refractivity contribution in [2.75, 3.05) is 13.1 Å². The van der Waals surface area contributed by atoms with Crippen LogP contribution < -0.4 is 5.32 Å². The Bertz CT molecular complexity index is 769. The zero-order valence-corrected chi connectivity index (χ0v) is 16.3. The Balaban J connectivity index is 1.69. The molecule has 3 rings (SSSR count). The number of hydrogen-bond donors (Lipinski definition) is 1. The number of hydrogen-bond acceptors (Lipinski definition) is 2. The second-order valence-corrected chi connectivity index (χ2v) is 7.57. The first-order valence-corrected chi connectivity index (χ1v) is 9.77. The number of nitrogens with one attached hydrogen (secondary N) is 1. The SMILES string of the molecule is CC(=O)N1CCC(CC(NC(=O)c2ccc(Cl)cc2)c2ccccc2)CC1. The average Bonchev–Trinajstić information content (AvgIpc) is 2.69. The van der Waals surface area contributed by atoms with E-state index in [0.717, 1.165) is 37.9 Å². The minimum Gasteiger partial charge on any atom is -0.345 e. The van der Waals surface area contributed by atoms with Crippen LogP contribution in [0.15, 0.2) is 54.6 Å². The van der Waals surface area contributed by atoms with Crippen LogP contribution >= 0.6 is 11.6 Å². The maximum atomic E-state index is 12.7. The molecule has 2 amide bonds. The van der Waals surface area contributed by atoms with Gasteiger partial charge in [-0.15, -0.1) is 0 Å². The molecule has 0 saturated carbocycles. The van der Waals surface area contributed by atoms with E-state index in [-0.39, 0.29) is 17.9 Å². The summed E-state index contributed by atoms with van der Waals surface area (Å²) in [7, 11) is 0. The van der Waals surface area contributed by atoms with Gasteiger partial charge in [0.15, 0.2) is 0 Å². The van der Waals surface area contributed by atoms with Gasteiger partial charge in [0.25, 0.3) is 5.91 Å². The molecule has 1 fully saturated rings. The molecule has 2 aromatic carbocycles. The summed E-state index contributed by atoms with van der Waals surface area (Å²) in [5, 5.41) is 3.80. The Kier molecular flexibility index (Phi) is 6.51. The lowest BCUT2D eigenvalue weighted by Crippen LogP contribution is -2.38. The van der Waals surface area contributed by atoms with Crippen molar-refractivity contribution in [2.24, 2.45) is 5.92 Å². The van der Waals surface area contributed by atoms with Crippen LogP contribution in [0.5, 0.6) is 0 Å². The van der Waals surface area contributed by atoms with Gasteiger partial charge >= 0.3 is 0 Å². The maximum absolute atomic E-state index is 12.7. The van der Waals surface area contributed by atoms with Gasteiger partial charge in [0.05, 0.1) is 6.04 Å². The second-order valence-electron chi connectivity index (χ2n) is 7.13. The smallest absolute Gasteiger partial charge is 0.251 e. The second kappa shape index (κ2) is 9.05. The van der Waals surface area contributed by atoms with E-state index in [0.29, 0.717) is 16.5 Å². The highest BCUT2D eigenvalue weighted by Crippen LogP contribution is 2.29. The first kappa shape index (κ1) is 19.4. The summed E-state index contributed by atoms with van der Waals surface area (Å²) in [5.74, 6) is 0.530. The monoisotopic (exact) mass is 384 g/mol. The topological polar surface area (TPSA) is 49.4 Å². The number of likely N-dealkylation sites (tertiary alicyclic amines) is 1. The zero-order chi connectivity index (χ0) is 19.2. The molecule has 0 spiro atoms. The molecular weight excluding hydrogens is 360 g/mol. The number of piperidine rings is 1. The molecule has 1 aliphatic rings. The number of nitrogens with zero attached hydrogens (tertiary/aromatic N) is 1. The molecule has 1 saturated heterocycles. The molecule has 1 heterocycles. The molecule has 1 N–H and O–H groups in total. The van der Waals surface area contributed by atoms with E-state index in [2.05, 4.69) is 17.4 Å². The molecule has 1 atom stereocenters. The Morgan fingerprint density at radius 1 is 1.07 bits per heavy atom. The summed E-state index contributed by atoms with van der Waals surface area (Å²) in [4.78, 5) is 26.2. The maximum Gasteiger partial charge on any atom is 0.251 e. The molecule has 0 bridgehead atoms. The lowest BCUT2D eigenvalue weighted by Gasteiger charge is -2.33. The zero-order valence-electron chi connectivity index (χ0n) is 15.5. The fraction of sp³-hybridized carbons (Fsp3) is 0.364. The van der Waals surface area contributed by atoms with Crippen LogP contribution in [0.3, 0.4) is 0 Å². The van der Waals surface area contributed by atoms with Crippen LogP contribution in [0.25, 0.3) is 0 Å². The predicted molar refractivity (Wildman–Crippen MR) is 108 cm³/mol. The van der Waals surface area contributed by atoms with E-state index in [9.17, 15) is 9.59 Å². The molecule has 4 nitrogen and oxygen atoms in total. The Morgan fingerprint density at radius 3 is 2.30 bits per heavy atom. The molecule has 0 aromatic heterocycles. The fourth-order valence-electron chi connectivity index (χ4n) is 3.62. The summed E-state index contributed by atoms with van der Waals surface area (Å²) < 4.78 is 0. The Morgan fingerprint density at radius 2 is 1.70 bits per heavy atom. The van der Waals surface area contributed by atoms with Gasteiger partial charge in [0, 0.05) is 30.6 Å². The van der Waals surface area contributed by atoms with Gasteiger partial charge in [-0.1, -0.05) is 41.9 Å². The van der Waals surface area contributed by atoms with Crippen LogP contribution in [0.2, 0.25) is 5.02 Å². The van der Waals surface area contributed by atoms with E-state index in [1.54, 1.807) is 31.2 Å². The van der Waals surface area contributed by atoms with Crippen molar-refractivity contribution in [3.8, 4) is 0 Å². The lowest BCUT2D eigenvalue weighted by atomic mass is 9.87. The third-order valence-electron chi connectivity index (χ3n) is 5.24. The van der Waals surface area contributed by atoms with Gasteiger partial charge in [-0.2, -0.15) is 0 Å². The first-order valence-electron chi connectivity index (χ1n) is 9.40. The Hall–Kier alpha value is -2.33. The highest BCUT2D eigenvalue weighted by molar-refractivity contribution is 6.30. The van der Waals surface area contributed by atoms with Crippen molar-refractivity contribution in [2.45, 2.75) is 32.2 Å². The van der Waals surface area contributed by atoms with Crippen LogP contribution in [0, 0.1) is 5.92 Å². The van der Waals surface area contributed by atoms with Gasteiger partial charge in [0.2, 0.25) is 5.91 Å². The summed E-state index contributed by atoms with van der Waals surface area (Å²) in [6.07, 6.45) is 2.81. The Labute approximate surface area is 165 Å². The summed E-state index contributed by atoms with van der Waals surface area (Å²) >= 11 is 5.92. The van der Waals surface area contributed by atoms with Crippen molar-refractivity contribution in [1.29, 1.82) is 0 Å². The van der Waals surface area contributed by atoms with Gasteiger partial charge in [-0.3, -0.25) is 9.59 Å². The summed E-state index contributed by atoms with van der Waals surface area (Å²) in [6.45, 7) is 3.22. The molecule has 1 aliphatic heterocycles. The molecule has 0 aliphatic carbocycles. The average molecular weight is 385 g/mol. The van der Waals surface area contributed by atoms with Crippen LogP contribution in [0.1, 0.15) is 48.1 Å². The summed E-state index contributed by atoms with van der Waals surface area (Å²) in [6, 6.07) is 17.0. The van der Waals surface area contributed by atoms with Crippen molar-refractivity contribution in [1.82, 2.24) is 10.2 Å². The van der Waals surface area contributed by atoms with E-state index in [1.807, 2.05) is 23.1 Å². The fourth-order valence-corrected chi connectivity index (χ4v) is 3.75. The molecule has 1 unspecified atom stereocenters. The third kappa shape index (κ3) is 5.33. The van der Waals surface area contributed by atoms with Crippen LogP contribution in [-0.4, -0.2) is 29.8 Å². The van der Waals surface area contributed by atoms with Gasteiger partial charge in [0.1, 0.15) is 0 Å². The van der Waals surface area contributed by atoms with E-state index >= 15 is 0 Å². The van der Waals surface area contributed by atoms with Crippen molar-refractivity contribution < 1.29 is 9.59 Å². The van der Waals surface area contributed by atoms with Gasteiger partial charge in [-0.05, 0) is 55.0 Å².